The van der Waals surface area contributed by atoms with Crippen molar-refractivity contribution in [3.63, 3.8) is 0 Å². The number of rotatable bonds is 5. The van der Waals surface area contributed by atoms with Crippen LogP contribution in [0.25, 0.3) is 22.4 Å². The maximum Gasteiger partial charge on any atom is 0.417 e. The van der Waals surface area contributed by atoms with E-state index in [1.807, 2.05) is 30.3 Å². The fraction of sp³-hybridized carbons (Fsp3) is 0.125. The minimum Gasteiger partial charge on any atom is -0.335 e. The first-order valence-corrected chi connectivity index (χ1v) is 10.5. The molecule has 1 amide bonds. The van der Waals surface area contributed by atoms with Gasteiger partial charge in [-0.2, -0.15) is 13.2 Å². The summed E-state index contributed by atoms with van der Waals surface area (Å²) in [5.41, 5.74) is 0.222. The third kappa shape index (κ3) is 4.47. The van der Waals surface area contributed by atoms with Crippen molar-refractivity contribution in [1.29, 1.82) is 0 Å². The number of fused-ring (bicyclic) bond motifs is 1. The van der Waals surface area contributed by atoms with E-state index in [-0.39, 0.29) is 28.5 Å². The van der Waals surface area contributed by atoms with Gasteiger partial charge in [-0.3, -0.25) is 10.1 Å². The number of aryl methyl sites for hydroxylation is 1. The molecule has 0 unspecified atom stereocenters. The second-order valence-corrected chi connectivity index (χ2v) is 7.75. The lowest BCUT2D eigenvalue weighted by atomic mass is 10.0. The zero-order valence-corrected chi connectivity index (χ0v) is 18.2. The second-order valence-electron chi connectivity index (χ2n) is 7.75. The number of alkyl halides is 3. The summed E-state index contributed by atoms with van der Waals surface area (Å²) in [4.78, 5) is 21.5. The first kappa shape index (κ1) is 22.3. The van der Waals surface area contributed by atoms with Crippen LogP contribution in [0.5, 0.6) is 0 Å². The molecule has 5 aromatic rings. The highest BCUT2D eigenvalue weighted by Crippen LogP contribution is 2.37. The van der Waals surface area contributed by atoms with Crippen molar-refractivity contribution in [2.45, 2.75) is 19.6 Å². The molecule has 0 aliphatic heterocycles. The van der Waals surface area contributed by atoms with Gasteiger partial charge < -0.3 is 4.52 Å². The third-order valence-corrected chi connectivity index (χ3v) is 5.32. The Labute approximate surface area is 196 Å². The molecule has 8 nitrogen and oxygen atoms in total. The summed E-state index contributed by atoms with van der Waals surface area (Å²) < 4.78 is 47.5. The Kier molecular flexibility index (Phi) is 5.51. The van der Waals surface area contributed by atoms with Crippen LogP contribution < -0.4 is 5.32 Å². The van der Waals surface area contributed by atoms with Gasteiger partial charge in [0.15, 0.2) is 0 Å². The number of carbonyl (C=O) groups is 1. The van der Waals surface area contributed by atoms with Crippen molar-refractivity contribution in [1.82, 2.24) is 24.9 Å². The van der Waals surface area contributed by atoms with Crippen LogP contribution in [-0.2, 0) is 12.7 Å². The van der Waals surface area contributed by atoms with Gasteiger partial charge in [0.05, 0.1) is 34.4 Å². The Morgan fingerprint density at radius 1 is 1.09 bits per heavy atom. The van der Waals surface area contributed by atoms with Gasteiger partial charge in [-0.15, -0.1) is 5.10 Å². The molecule has 0 bridgehead atoms. The molecule has 176 valence electrons. The average Bonchev–Trinajstić information content (AvgIpc) is 3.44. The number of hydrogen-bond acceptors (Lipinski definition) is 6. The smallest absolute Gasteiger partial charge is 0.335 e. The SMILES string of the molecule is Cc1noc2nc(-c3ccccc3C(F)(F)F)cc(C(=O)Nc3ncn(Cc4ccccc4)n3)c12. The standard InChI is InChI=1S/C24H17F3N6O2/c1-14-20-17(21(34)30-23-28-13-33(31-23)12-15-7-3-2-4-8-15)11-19(29-22(20)35-32-14)16-9-5-6-10-18(16)24(25,26)27/h2-11,13H,12H2,1H3,(H,30,31,34). The van der Waals surface area contributed by atoms with Gasteiger partial charge in [0.25, 0.3) is 11.6 Å². The number of hydrogen-bond donors (Lipinski definition) is 1. The van der Waals surface area contributed by atoms with Crippen LogP contribution >= 0.6 is 0 Å². The number of carbonyl (C=O) groups excluding carboxylic acids is 1. The van der Waals surface area contributed by atoms with E-state index < -0.39 is 17.6 Å². The highest BCUT2D eigenvalue weighted by molar-refractivity contribution is 6.12. The Bertz CT molecular complexity index is 1530. The van der Waals surface area contributed by atoms with Gasteiger partial charge in [0.1, 0.15) is 6.33 Å². The van der Waals surface area contributed by atoms with Crippen LogP contribution in [-0.4, -0.2) is 30.8 Å². The summed E-state index contributed by atoms with van der Waals surface area (Å²) in [5.74, 6) is -0.589. The number of benzene rings is 2. The summed E-state index contributed by atoms with van der Waals surface area (Å²) in [6.07, 6.45) is -3.14. The number of halogens is 3. The lowest BCUT2D eigenvalue weighted by molar-refractivity contribution is -0.137. The lowest BCUT2D eigenvalue weighted by Gasteiger charge is -2.13. The van der Waals surface area contributed by atoms with Crippen LogP contribution in [0.4, 0.5) is 19.1 Å². The predicted molar refractivity (Wildman–Crippen MR) is 120 cm³/mol. The molecule has 0 spiro atoms. The molecule has 11 heteroatoms. The number of nitrogens with zero attached hydrogens (tertiary/aromatic N) is 5. The van der Waals surface area contributed by atoms with Crippen LogP contribution in [0.2, 0.25) is 0 Å². The molecule has 0 radical (unpaired) electrons. The summed E-state index contributed by atoms with van der Waals surface area (Å²) in [5, 5.41) is 11.0. The van der Waals surface area contributed by atoms with E-state index in [1.165, 1.54) is 30.6 Å². The molecule has 35 heavy (non-hydrogen) atoms. The number of anilines is 1. The Hall–Kier alpha value is -4.54. The topological polar surface area (TPSA) is 98.7 Å². The largest absolute Gasteiger partial charge is 0.417 e. The van der Waals surface area contributed by atoms with Crippen LogP contribution in [0.15, 0.2) is 71.5 Å². The summed E-state index contributed by atoms with van der Waals surface area (Å²) in [6.45, 7) is 2.06. The monoisotopic (exact) mass is 478 g/mol. The summed E-state index contributed by atoms with van der Waals surface area (Å²) in [7, 11) is 0. The maximum absolute atomic E-state index is 13.6. The van der Waals surface area contributed by atoms with Crippen LogP contribution in [0.3, 0.4) is 0 Å². The van der Waals surface area contributed by atoms with Gasteiger partial charge in [0, 0.05) is 5.56 Å². The van der Waals surface area contributed by atoms with Gasteiger partial charge >= 0.3 is 6.18 Å². The summed E-state index contributed by atoms with van der Waals surface area (Å²) >= 11 is 0. The molecule has 0 fully saturated rings. The highest BCUT2D eigenvalue weighted by Gasteiger charge is 2.34. The molecule has 3 aromatic heterocycles. The van der Waals surface area contributed by atoms with Crippen molar-refractivity contribution in [2.24, 2.45) is 0 Å². The van der Waals surface area contributed by atoms with Gasteiger partial charge in [-0.25, -0.2) is 14.6 Å². The molecular weight excluding hydrogens is 461 g/mol. The Morgan fingerprint density at radius 2 is 1.83 bits per heavy atom. The minimum absolute atomic E-state index is 0.0418. The quantitative estimate of drug-likeness (QED) is 0.377. The zero-order valence-electron chi connectivity index (χ0n) is 18.2. The maximum atomic E-state index is 13.6. The molecule has 5 rings (SSSR count). The van der Waals surface area contributed by atoms with Gasteiger partial charge in [-0.1, -0.05) is 53.7 Å². The molecule has 0 aliphatic rings. The predicted octanol–water partition coefficient (Wildman–Crippen LogP) is 5.11. The van der Waals surface area contributed by atoms with Crippen LogP contribution in [0.1, 0.15) is 27.2 Å². The van der Waals surface area contributed by atoms with Crippen molar-refractivity contribution in [3.8, 4) is 11.3 Å². The van der Waals surface area contributed by atoms with E-state index >= 15 is 0 Å². The van der Waals surface area contributed by atoms with E-state index in [0.29, 0.717) is 17.6 Å². The molecule has 2 aromatic carbocycles. The summed E-state index contributed by atoms with van der Waals surface area (Å²) in [6, 6.07) is 15.8. The third-order valence-electron chi connectivity index (χ3n) is 5.32. The zero-order chi connectivity index (χ0) is 24.6. The molecule has 0 saturated carbocycles. The van der Waals surface area contributed by atoms with E-state index in [1.54, 1.807) is 11.6 Å². The molecule has 0 saturated heterocycles. The van der Waals surface area contributed by atoms with Crippen LogP contribution in [0, 0.1) is 6.92 Å². The molecule has 0 aliphatic carbocycles. The first-order chi connectivity index (χ1) is 16.8. The fourth-order valence-corrected chi connectivity index (χ4v) is 3.73. The molecule has 0 atom stereocenters. The van der Waals surface area contributed by atoms with E-state index in [9.17, 15) is 18.0 Å². The molecular formula is C24H17F3N6O2. The first-order valence-electron chi connectivity index (χ1n) is 10.5. The Morgan fingerprint density at radius 3 is 2.60 bits per heavy atom. The lowest BCUT2D eigenvalue weighted by Crippen LogP contribution is -2.15. The molecule has 3 heterocycles. The van der Waals surface area contributed by atoms with Gasteiger partial charge in [0.2, 0.25) is 5.95 Å². The molecule has 1 N–H and O–H groups in total. The second kappa shape index (κ2) is 8.67. The van der Waals surface area contributed by atoms with Gasteiger partial charge in [-0.05, 0) is 24.6 Å². The van der Waals surface area contributed by atoms with E-state index in [4.69, 9.17) is 4.52 Å². The van der Waals surface area contributed by atoms with Crippen molar-refractivity contribution >= 4 is 23.0 Å². The Balaban J connectivity index is 1.50. The normalized spacial score (nSPS) is 11.7. The van der Waals surface area contributed by atoms with E-state index in [2.05, 4.69) is 25.5 Å². The van der Waals surface area contributed by atoms with E-state index in [0.717, 1.165) is 11.6 Å². The number of amides is 1. The number of pyridine rings is 1. The number of nitrogens with one attached hydrogen (secondary N) is 1. The minimum atomic E-state index is -4.61. The van der Waals surface area contributed by atoms with Crippen molar-refractivity contribution < 1.29 is 22.5 Å². The average molecular weight is 478 g/mol. The van der Waals surface area contributed by atoms with Crippen molar-refractivity contribution in [3.05, 3.63) is 89.4 Å². The highest BCUT2D eigenvalue weighted by atomic mass is 19.4. The number of aromatic nitrogens is 5. The fourth-order valence-electron chi connectivity index (χ4n) is 3.73. The van der Waals surface area contributed by atoms with Crippen molar-refractivity contribution in [2.75, 3.05) is 5.32 Å².